The van der Waals surface area contributed by atoms with E-state index in [9.17, 15) is 4.79 Å². The minimum absolute atomic E-state index is 0.0550. The average molecular weight is 204 g/mol. The lowest BCUT2D eigenvalue weighted by Crippen LogP contribution is -2.29. The van der Waals surface area contributed by atoms with Crippen LogP contribution in [0.15, 0.2) is 33.9 Å². The highest BCUT2D eigenvalue weighted by molar-refractivity contribution is 6.69. The Bertz CT molecular complexity index is 416. The highest BCUT2D eigenvalue weighted by atomic mass is 16.4. The average Bonchev–Trinajstić information content (AvgIpc) is 2.27. The number of ketones is 1. The fraction of sp³-hybridized carbons (Fsp3) is 0.364. The molecule has 0 saturated carbocycles. The van der Waals surface area contributed by atoms with Crippen LogP contribution in [0.4, 0.5) is 0 Å². The van der Waals surface area contributed by atoms with Gasteiger partial charge in [0.15, 0.2) is 5.78 Å². The number of hydrogen-bond acceptors (Lipinski definition) is 4. The molecule has 0 amide bonds. The highest BCUT2D eigenvalue weighted by Gasteiger charge is 2.25. The molecular formula is C11H12N2O2. The third kappa shape index (κ3) is 1.75. The van der Waals surface area contributed by atoms with E-state index in [1.165, 1.54) is 6.92 Å². The van der Waals surface area contributed by atoms with E-state index in [-0.39, 0.29) is 23.2 Å². The first-order chi connectivity index (χ1) is 7.22. The summed E-state index contributed by atoms with van der Waals surface area (Å²) in [5.41, 5.74) is 1.56. The van der Waals surface area contributed by atoms with Gasteiger partial charge in [-0.25, -0.2) is 0 Å². The Morgan fingerprint density at radius 3 is 3.13 bits per heavy atom. The van der Waals surface area contributed by atoms with Gasteiger partial charge in [-0.3, -0.25) is 9.79 Å². The predicted molar refractivity (Wildman–Crippen MR) is 57.6 cm³/mol. The molecule has 0 aromatic heterocycles. The van der Waals surface area contributed by atoms with Crippen LogP contribution in [0, 0.1) is 0 Å². The molecule has 0 bridgehead atoms. The van der Waals surface area contributed by atoms with Crippen molar-refractivity contribution in [3.05, 3.63) is 23.8 Å². The second kappa shape index (κ2) is 3.81. The number of allylic oxidation sites excluding steroid dienone is 2. The summed E-state index contributed by atoms with van der Waals surface area (Å²) >= 11 is 0. The minimum Gasteiger partial charge on any atom is -0.410 e. The number of nitrogens with zero attached hydrogens (tertiary/aromatic N) is 2. The van der Waals surface area contributed by atoms with Crippen LogP contribution < -0.4 is 0 Å². The molecule has 4 nitrogen and oxygen atoms in total. The molecule has 0 saturated heterocycles. The third-order valence-corrected chi connectivity index (χ3v) is 2.57. The van der Waals surface area contributed by atoms with E-state index in [1.807, 2.05) is 6.08 Å². The van der Waals surface area contributed by atoms with Gasteiger partial charge in [0.1, 0.15) is 11.4 Å². The SMILES string of the molecule is CC(=O)C1=NC2CCC=CC2=CC1=NO. The number of carbonyl (C=O) groups is 1. The lowest BCUT2D eigenvalue weighted by atomic mass is 9.91. The molecule has 1 aliphatic heterocycles. The zero-order chi connectivity index (χ0) is 10.8. The van der Waals surface area contributed by atoms with Crippen molar-refractivity contribution in [3.8, 4) is 0 Å². The van der Waals surface area contributed by atoms with Crippen molar-refractivity contribution in [2.24, 2.45) is 10.1 Å². The fourth-order valence-corrected chi connectivity index (χ4v) is 1.83. The number of carbonyl (C=O) groups excluding carboxylic acids is 1. The van der Waals surface area contributed by atoms with Gasteiger partial charge in [-0.1, -0.05) is 17.3 Å². The first kappa shape index (κ1) is 9.83. The maximum Gasteiger partial charge on any atom is 0.180 e. The predicted octanol–water partition coefficient (Wildman–Crippen LogP) is 1.51. The molecule has 1 unspecified atom stereocenters. The minimum atomic E-state index is -0.160. The second-order valence-electron chi connectivity index (χ2n) is 3.66. The van der Waals surface area contributed by atoms with Gasteiger partial charge in [0.25, 0.3) is 0 Å². The van der Waals surface area contributed by atoms with E-state index >= 15 is 0 Å². The molecule has 1 atom stereocenters. The normalized spacial score (nSPS) is 27.0. The third-order valence-electron chi connectivity index (χ3n) is 2.57. The molecule has 0 fully saturated rings. The number of oxime groups is 1. The molecule has 1 heterocycles. The number of rotatable bonds is 1. The Labute approximate surface area is 87.7 Å². The molecule has 4 heteroatoms. The van der Waals surface area contributed by atoms with Gasteiger partial charge in [0.05, 0.1) is 6.04 Å². The first-order valence-corrected chi connectivity index (χ1v) is 4.91. The Morgan fingerprint density at radius 2 is 2.47 bits per heavy atom. The van der Waals surface area contributed by atoms with E-state index in [0.29, 0.717) is 0 Å². The number of Topliss-reactive ketones (excluding diaryl/α,β-unsaturated/α-hetero) is 1. The smallest absolute Gasteiger partial charge is 0.180 e. The quantitative estimate of drug-likeness (QED) is 0.519. The van der Waals surface area contributed by atoms with Gasteiger partial charge in [0.2, 0.25) is 0 Å². The molecular weight excluding hydrogens is 192 g/mol. The van der Waals surface area contributed by atoms with E-state index < -0.39 is 0 Å². The van der Waals surface area contributed by atoms with Gasteiger partial charge < -0.3 is 5.21 Å². The van der Waals surface area contributed by atoms with Gasteiger partial charge in [-0.05, 0) is 24.5 Å². The molecule has 2 aliphatic rings. The zero-order valence-corrected chi connectivity index (χ0v) is 8.47. The standard InChI is InChI=1S/C11H12N2O2/c1-7(14)11-10(13-15)6-8-4-2-3-5-9(8)12-11/h2,4,6,9,15H,3,5H2,1H3. The topological polar surface area (TPSA) is 62.0 Å². The molecule has 0 aromatic carbocycles. The summed E-state index contributed by atoms with van der Waals surface area (Å²) in [5.74, 6) is -0.160. The molecule has 78 valence electrons. The maximum absolute atomic E-state index is 11.3. The number of aliphatic imine (C=N–C) groups is 1. The first-order valence-electron chi connectivity index (χ1n) is 4.91. The molecule has 1 aliphatic carbocycles. The Morgan fingerprint density at radius 1 is 1.67 bits per heavy atom. The van der Waals surface area contributed by atoms with Gasteiger partial charge in [-0.15, -0.1) is 0 Å². The summed E-state index contributed by atoms with van der Waals surface area (Å²) < 4.78 is 0. The Hall–Kier alpha value is -1.71. The fourth-order valence-electron chi connectivity index (χ4n) is 1.83. The van der Waals surface area contributed by atoms with Crippen LogP contribution in [0.2, 0.25) is 0 Å². The van der Waals surface area contributed by atoms with E-state index in [0.717, 1.165) is 18.4 Å². The van der Waals surface area contributed by atoms with Crippen molar-refractivity contribution in [3.63, 3.8) is 0 Å². The van der Waals surface area contributed by atoms with E-state index in [1.54, 1.807) is 6.08 Å². The summed E-state index contributed by atoms with van der Waals surface area (Å²) in [5, 5.41) is 11.9. The monoisotopic (exact) mass is 204 g/mol. The molecule has 0 spiro atoms. The summed E-state index contributed by atoms with van der Waals surface area (Å²) in [6, 6.07) is 0.0550. The van der Waals surface area contributed by atoms with Crippen LogP contribution in [0.25, 0.3) is 0 Å². The lowest BCUT2D eigenvalue weighted by Gasteiger charge is -2.22. The molecule has 0 aromatic rings. The van der Waals surface area contributed by atoms with Crippen molar-refractivity contribution in [1.29, 1.82) is 0 Å². The van der Waals surface area contributed by atoms with E-state index in [2.05, 4.69) is 16.2 Å². The van der Waals surface area contributed by atoms with Crippen LogP contribution in [-0.2, 0) is 4.79 Å². The highest BCUT2D eigenvalue weighted by Crippen LogP contribution is 2.24. The second-order valence-corrected chi connectivity index (χ2v) is 3.66. The van der Waals surface area contributed by atoms with Crippen LogP contribution in [0.5, 0.6) is 0 Å². The van der Waals surface area contributed by atoms with Crippen LogP contribution in [0.3, 0.4) is 0 Å². The van der Waals surface area contributed by atoms with Gasteiger partial charge in [-0.2, -0.15) is 0 Å². The Kier molecular flexibility index (Phi) is 2.49. The van der Waals surface area contributed by atoms with Crippen molar-refractivity contribution in [2.75, 3.05) is 0 Å². The number of fused-ring (bicyclic) bond motifs is 1. The van der Waals surface area contributed by atoms with Crippen LogP contribution >= 0.6 is 0 Å². The Balaban J connectivity index is 2.42. The summed E-state index contributed by atoms with van der Waals surface area (Å²) in [6.45, 7) is 1.43. The molecule has 0 radical (unpaired) electrons. The van der Waals surface area contributed by atoms with Crippen molar-refractivity contribution < 1.29 is 10.0 Å². The van der Waals surface area contributed by atoms with E-state index in [4.69, 9.17) is 5.21 Å². The van der Waals surface area contributed by atoms with Crippen LogP contribution in [-0.4, -0.2) is 28.5 Å². The summed E-state index contributed by atoms with van der Waals surface area (Å²) in [7, 11) is 0. The number of hydrogen-bond donors (Lipinski definition) is 1. The zero-order valence-electron chi connectivity index (χ0n) is 8.47. The lowest BCUT2D eigenvalue weighted by molar-refractivity contribution is -0.110. The number of dihydropyridines is 1. The molecule has 2 rings (SSSR count). The van der Waals surface area contributed by atoms with Crippen molar-refractivity contribution >= 4 is 17.2 Å². The van der Waals surface area contributed by atoms with Crippen LogP contribution in [0.1, 0.15) is 19.8 Å². The molecule has 1 N–H and O–H groups in total. The largest absolute Gasteiger partial charge is 0.410 e. The summed E-state index contributed by atoms with van der Waals surface area (Å²) in [6.07, 6.45) is 7.65. The molecule has 15 heavy (non-hydrogen) atoms. The van der Waals surface area contributed by atoms with Gasteiger partial charge >= 0.3 is 0 Å². The van der Waals surface area contributed by atoms with Crippen molar-refractivity contribution in [1.82, 2.24) is 0 Å². The summed E-state index contributed by atoms with van der Waals surface area (Å²) in [4.78, 5) is 15.6. The van der Waals surface area contributed by atoms with Crippen molar-refractivity contribution in [2.45, 2.75) is 25.8 Å². The maximum atomic E-state index is 11.3. The van der Waals surface area contributed by atoms with Gasteiger partial charge in [0, 0.05) is 6.92 Å².